The molecule has 0 aliphatic heterocycles. The van der Waals surface area contributed by atoms with E-state index in [-0.39, 0.29) is 6.04 Å². The number of benzene rings is 1. The van der Waals surface area contributed by atoms with Crippen LogP contribution in [0, 0.1) is 0 Å². The van der Waals surface area contributed by atoms with E-state index in [4.69, 9.17) is 10.5 Å². The van der Waals surface area contributed by atoms with Gasteiger partial charge in [-0.2, -0.15) is 0 Å². The van der Waals surface area contributed by atoms with Gasteiger partial charge in [0, 0.05) is 17.1 Å². The number of ether oxygens (including phenoxy) is 1. The lowest BCUT2D eigenvalue weighted by Gasteiger charge is -2.07. The van der Waals surface area contributed by atoms with Crippen molar-refractivity contribution < 1.29 is 4.74 Å². The zero-order chi connectivity index (χ0) is 13.0. The fourth-order valence-corrected chi connectivity index (χ4v) is 2.35. The van der Waals surface area contributed by atoms with Crippen LogP contribution in [0.1, 0.15) is 18.5 Å². The first-order valence-corrected chi connectivity index (χ1v) is 6.54. The van der Waals surface area contributed by atoms with Crippen LogP contribution in [0.4, 0.5) is 0 Å². The Balaban J connectivity index is 2.15. The molecule has 0 aliphatic carbocycles. The van der Waals surface area contributed by atoms with Crippen LogP contribution in [0.2, 0.25) is 0 Å². The molecule has 0 radical (unpaired) electrons. The quantitative estimate of drug-likeness (QED) is 0.916. The number of hydrogen-bond acceptors (Lipinski definition) is 4. The van der Waals surface area contributed by atoms with Crippen LogP contribution in [-0.2, 0) is 0 Å². The first-order valence-electron chi connectivity index (χ1n) is 5.72. The maximum atomic E-state index is 5.86. The van der Waals surface area contributed by atoms with Gasteiger partial charge in [0.1, 0.15) is 10.8 Å². The van der Waals surface area contributed by atoms with E-state index in [1.807, 2.05) is 43.3 Å². The molecule has 0 bridgehead atoms. The van der Waals surface area contributed by atoms with E-state index in [2.05, 4.69) is 4.98 Å². The smallest absolute Gasteiger partial charge is 0.118 e. The van der Waals surface area contributed by atoms with Crippen molar-refractivity contribution in [2.24, 2.45) is 5.73 Å². The van der Waals surface area contributed by atoms with Crippen molar-refractivity contribution in [2.75, 3.05) is 7.11 Å². The van der Waals surface area contributed by atoms with Crippen molar-refractivity contribution in [1.29, 1.82) is 0 Å². The minimum absolute atomic E-state index is 0.0308. The summed E-state index contributed by atoms with van der Waals surface area (Å²) in [5, 5.41) is 0.954. The van der Waals surface area contributed by atoms with E-state index >= 15 is 0 Å². The molecular formula is C14H16N2OS. The molecule has 0 saturated heterocycles. The van der Waals surface area contributed by atoms with Crippen LogP contribution < -0.4 is 10.5 Å². The SMILES string of the molecule is COc1ccc(Sc2cc([C@H](C)N)ccn2)cc1. The van der Waals surface area contributed by atoms with Crippen molar-refractivity contribution in [3.05, 3.63) is 48.2 Å². The lowest BCUT2D eigenvalue weighted by molar-refractivity contribution is 0.414. The second kappa shape index (κ2) is 5.89. The summed E-state index contributed by atoms with van der Waals surface area (Å²) in [6.45, 7) is 1.97. The average molecular weight is 260 g/mol. The van der Waals surface area contributed by atoms with Crippen molar-refractivity contribution in [3.8, 4) is 5.75 Å². The molecule has 0 saturated carbocycles. The first-order chi connectivity index (χ1) is 8.69. The summed E-state index contributed by atoms with van der Waals surface area (Å²) in [5.41, 5.74) is 6.96. The summed E-state index contributed by atoms with van der Waals surface area (Å²) in [7, 11) is 1.66. The predicted octanol–water partition coefficient (Wildman–Crippen LogP) is 3.26. The highest BCUT2D eigenvalue weighted by Gasteiger charge is 2.03. The number of nitrogens with zero attached hydrogens (tertiary/aromatic N) is 1. The lowest BCUT2D eigenvalue weighted by atomic mass is 10.1. The van der Waals surface area contributed by atoms with Gasteiger partial charge < -0.3 is 10.5 Å². The molecule has 0 aliphatic rings. The third kappa shape index (κ3) is 3.24. The Morgan fingerprint density at radius 1 is 1.22 bits per heavy atom. The zero-order valence-corrected chi connectivity index (χ0v) is 11.3. The van der Waals surface area contributed by atoms with Crippen LogP contribution in [0.5, 0.6) is 5.75 Å². The Bertz CT molecular complexity index is 511. The van der Waals surface area contributed by atoms with Crippen LogP contribution in [-0.4, -0.2) is 12.1 Å². The predicted molar refractivity (Wildman–Crippen MR) is 74.0 cm³/mol. The molecule has 0 unspecified atom stereocenters. The van der Waals surface area contributed by atoms with E-state index < -0.39 is 0 Å². The van der Waals surface area contributed by atoms with Gasteiger partial charge in [-0.05, 0) is 48.9 Å². The van der Waals surface area contributed by atoms with Crippen molar-refractivity contribution >= 4 is 11.8 Å². The molecule has 1 aromatic heterocycles. The second-order valence-electron chi connectivity index (χ2n) is 3.99. The Morgan fingerprint density at radius 2 is 1.94 bits per heavy atom. The number of nitrogens with two attached hydrogens (primary N) is 1. The largest absolute Gasteiger partial charge is 0.497 e. The van der Waals surface area contributed by atoms with Gasteiger partial charge in [0.05, 0.1) is 7.11 Å². The van der Waals surface area contributed by atoms with Gasteiger partial charge >= 0.3 is 0 Å². The highest BCUT2D eigenvalue weighted by molar-refractivity contribution is 7.99. The number of pyridine rings is 1. The number of rotatable bonds is 4. The zero-order valence-electron chi connectivity index (χ0n) is 10.5. The van der Waals surface area contributed by atoms with Gasteiger partial charge in [-0.25, -0.2) is 4.98 Å². The van der Waals surface area contributed by atoms with Gasteiger partial charge in [-0.3, -0.25) is 0 Å². The minimum atomic E-state index is 0.0308. The molecule has 0 spiro atoms. The summed E-state index contributed by atoms with van der Waals surface area (Å²) in [5.74, 6) is 0.858. The number of hydrogen-bond donors (Lipinski definition) is 1. The van der Waals surface area contributed by atoms with E-state index in [0.29, 0.717) is 0 Å². The number of methoxy groups -OCH3 is 1. The standard InChI is InChI=1S/C14H16N2OS/c1-10(15)11-7-8-16-14(9-11)18-13-5-3-12(17-2)4-6-13/h3-10H,15H2,1-2H3/t10-/m0/s1. The van der Waals surface area contributed by atoms with E-state index in [0.717, 1.165) is 21.2 Å². The summed E-state index contributed by atoms with van der Waals surface area (Å²) in [6, 6.07) is 11.9. The summed E-state index contributed by atoms with van der Waals surface area (Å²) < 4.78 is 5.13. The molecule has 1 heterocycles. The fraction of sp³-hybridized carbons (Fsp3) is 0.214. The molecule has 94 valence electrons. The molecule has 0 fully saturated rings. The molecular weight excluding hydrogens is 244 g/mol. The van der Waals surface area contributed by atoms with Gasteiger partial charge in [0.15, 0.2) is 0 Å². The topological polar surface area (TPSA) is 48.1 Å². The molecule has 2 rings (SSSR count). The third-order valence-corrected chi connectivity index (χ3v) is 3.51. The molecule has 4 heteroatoms. The van der Waals surface area contributed by atoms with Gasteiger partial charge in [0.2, 0.25) is 0 Å². The Morgan fingerprint density at radius 3 is 2.56 bits per heavy atom. The van der Waals surface area contributed by atoms with Crippen molar-refractivity contribution in [3.63, 3.8) is 0 Å². The molecule has 2 N–H and O–H groups in total. The van der Waals surface area contributed by atoms with Crippen LogP contribution in [0.25, 0.3) is 0 Å². The monoisotopic (exact) mass is 260 g/mol. The summed E-state index contributed by atoms with van der Waals surface area (Å²) in [6.07, 6.45) is 1.80. The van der Waals surface area contributed by atoms with Crippen molar-refractivity contribution in [1.82, 2.24) is 4.98 Å². The van der Waals surface area contributed by atoms with Crippen LogP contribution in [0.15, 0.2) is 52.5 Å². The maximum Gasteiger partial charge on any atom is 0.118 e. The van der Waals surface area contributed by atoms with E-state index in [1.54, 1.807) is 25.1 Å². The van der Waals surface area contributed by atoms with Gasteiger partial charge in [-0.15, -0.1) is 0 Å². The molecule has 1 aromatic carbocycles. The van der Waals surface area contributed by atoms with E-state index in [1.165, 1.54) is 0 Å². The Hall–Kier alpha value is -1.52. The molecule has 1 atom stereocenters. The molecule has 0 amide bonds. The highest BCUT2D eigenvalue weighted by atomic mass is 32.2. The average Bonchev–Trinajstić information content (AvgIpc) is 2.40. The third-order valence-electron chi connectivity index (χ3n) is 2.57. The Kier molecular flexibility index (Phi) is 4.23. The molecule has 18 heavy (non-hydrogen) atoms. The first kappa shape index (κ1) is 12.9. The van der Waals surface area contributed by atoms with Crippen LogP contribution >= 0.6 is 11.8 Å². The van der Waals surface area contributed by atoms with Gasteiger partial charge in [0.25, 0.3) is 0 Å². The lowest BCUT2D eigenvalue weighted by Crippen LogP contribution is -2.04. The van der Waals surface area contributed by atoms with Crippen LogP contribution in [0.3, 0.4) is 0 Å². The number of aromatic nitrogens is 1. The van der Waals surface area contributed by atoms with E-state index in [9.17, 15) is 0 Å². The molecule has 3 nitrogen and oxygen atoms in total. The maximum absolute atomic E-state index is 5.86. The second-order valence-corrected chi connectivity index (χ2v) is 5.09. The fourth-order valence-electron chi connectivity index (χ4n) is 1.53. The summed E-state index contributed by atoms with van der Waals surface area (Å²) in [4.78, 5) is 5.47. The highest BCUT2D eigenvalue weighted by Crippen LogP contribution is 2.28. The molecule has 2 aromatic rings. The Labute approximate surface area is 111 Å². The van der Waals surface area contributed by atoms with Crippen molar-refractivity contribution in [2.45, 2.75) is 22.9 Å². The normalized spacial score (nSPS) is 12.2. The minimum Gasteiger partial charge on any atom is -0.497 e. The van der Waals surface area contributed by atoms with Gasteiger partial charge in [-0.1, -0.05) is 11.8 Å². The summed E-state index contributed by atoms with van der Waals surface area (Å²) >= 11 is 1.62.